The molecule has 1 aliphatic heterocycles. The zero-order valence-electron chi connectivity index (χ0n) is 12.9. The van der Waals surface area contributed by atoms with Gasteiger partial charge in [0.05, 0.1) is 12.6 Å². The molecule has 0 aliphatic carbocycles. The van der Waals surface area contributed by atoms with E-state index in [0.29, 0.717) is 10.9 Å². The monoisotopic (exact) mass is 347 g/mol. The number of thiazole rings is 1. The van der Waals surface area contributed by atoms with Gasteiger partial charge in [-0.05, 0) is 38.1 Å². The number of carbonyl (C=O) groups excluding carboxylic acids is 1. The summed E-state index contributed by atoms with van der Waals surface area (Å²) < 4.78 is 5.63. The number of amides is 1. The average Bonchev–Trinajstić information content (AvgIpc) is 3.18. The molecule has 0 radical (unpaired) electrons. The number of thioether (sulfide) groups is 1. The summed E-state index contributed by atoms with van der Waals surface area (Å²) in [5.41, 5.74) is 1.39. The van der Waals surface area contributed by atoms with Gasteiger partial charge in [-0.1, -0.05) is 11.8 Å². The number of benzene rings is 1. The van der Waals surface area contributed by atoms with Crippen LogP contribution in [0.15, 0.2) is 34.6 Å². The maximum atomic E-state index is 12.1. The van der Waals surface area contributed by atoms with E-state index in [1.165, 1.54) is 11.3 Å². The summed E-state index contributed by atoms with van der Waals surface area (Å²) in [6.45, 7) is 4.74. The van der Waals surface area contributed by atoms with Gasteiger partial charge in [0.1, 0.15) is 16.5 Å². The van der Waals surface area contributed by atoms with E-state index in [2.05, 4.69) is 15.3 Å². The molecule has 7 heteroatoms. The Balaban J connectivity index is 1.69. The first-order valence-corrected chi connectivity index (χ1v) is 9.19. The summed E-state index contributed by atoms with van der Waals surface area (Å²) >= 11 is 3.00. The Morgan fingerprint density at radius 2 is 2.09 bits per heavy atom. The molecule has 1 amide bonds. The fourth-order valence-corrected chi connectivity index (χ4v) is 3.56. The fourth-order valence-electron chi connectivity index (χ4n) is 2.03. The van der Waals surface area contributed by atoms with E-state index in [0.717, 1.165) is 28.6 Å². The van der Waals surface area contributed by atoms with E-state index >= 15 is 0 Å². The minimum absolute atomic E-state index is 0.146. The SMILES string of the molecule is CC(C)Oc1ccc(-c2nc(C(=O)NC3=NCCS3)cs2)cc1. The van der Waals surface area contributed by atoms with Gasteiger partial charge in [-0.2, -0.15) is 0 Å². The van der Waals surface area contributed by atoms with Crippen molar-refractivity contribution in [2.24, 2.45) is 4.99 Å². The van der Waals surface area contributed by atoms with Crippen LogP contribution in [0.25, 0.3) is 10.6 Å². The summed E-state index contributed by atoms with van der Waals surface area (Å²) in [7, 11) is 0. The molecule has 2 aromatic rings. The highest BCUT2D eigenvalue weighted by molar-refractivity contribution is 8.14. The topological polar surface area (TPSA) is 63.6 Å². The van der Waals surface area contributed by atoms with Crippen molar-refractivity contribution < 1.29 is 9.53 Å². The summed E-state index contributed by atoms with van der Waals surface area (Å²) in [5, 5.41) is 6.05. The zero-order valence-corrected chi connectivity index (χ0v) is 14.5. The molecule has 0 bridgehead atoms. The molecule has 2 heterocycles. The molecule has 1 N–H and O–H groups in total. The Kier molecular flexibility index (Phi) is 4.97. The zero-order chi connectivity index (χ0) is 16.2. The minimum atomic E-state index is -0.208. The summed E-state index contributed by atoms with van der Waals surface area (Å²) in [5.74, 6) is 1.54. The number of hydrogen-bond donors (Lipinski definition) is 1. The van der Waals surface area contributed by atoms with Gasteiger partial charge in [-0.15, -0.1) is 11.3 Å². The van der Waals surface area contributed by atoms with Crippen molar-refractivity contribution in [3.63, 3.8) is 0 Å². The number of rotatable bonds is 4. The fraction of sp³-hybridized carbons (Fsp3) is 0.312. The summed E-state index contributed by atoms with van der Waals surface area (Å²) in [4.78, 5) is 20.8. The number of nitrogens with zero attached hydrogens (tertiary/aromatic N) is 2. The van der Waals surface area contributed by atoms with E-state index < -0.39 is 0 Å². The molecule has 0 fully saturated rings. The molecule has 0 atom stereocenters. The van der Waals surface area contributed by atoms with Crippen molar-refractivity contribution in [3.05, 3.63) is 35.3 Å². The van der Waals surface area contributed by atoms with E-state index in [-0.39, 0.29) is 12.0 Å². The molecule has 0 saturated carbocycles. The highest BCUT2D eigenvalue weighted by Crippen LogP contribution is 2.26. The quantitative estimate of drug-likeness (QED) is 0.920. The van der Waals surface area contributed by atoms with Gasteiger partial charge in [0, 0.05) is 16.7 Å². The van der Waals surface area contributed by atoms with Crippen LogP contribution in [0.1, 0.15) is 24.3 Å². The second-order valence-electron chi connectivity index (χ2n) is 5.22. The highest BCUT2D eigenvalue weighted by atomic mass is 32.2. The number of aromatic nitrogens is 1. The number of nitrogens with one attached hydrogen (secondary N) is 1. The molecule has 0 saturated heterocycles. The van der Waals surface area contributed by atoms with Crippen LogP contribution in [0.4, 0.5) is 0 Å². The van der Waals surface area contributed by atoms with Crippen LogP contribution in [0.5, 0.6) is 5.75 Å². The van der Waals surface area contributed by atoms with Gasteiger partial charge in [0.15, 0.2) is 5.17 Å². The molecule has 1 aromatic carbocycles. The number of carbonyl (C=O) groups is 1. The number of aliphatic imine (C=N–C) groups is 1. The van der Waals surface area contributed by atoms with Crippen molar-refractivity contribution in [2.75, 3.05) is 12.3 Å². The van der Waals surface area contributed by atoms with Crippen molar-refractivity contribution in [1.82, 2.24) is 10.3 Å². The Bertz CT molecular complexity index is 723. The third kappa shape index (κ3) is 4.11. The van der Waals surface area contributed by atoms with Gasteiger partial charge < -0.3 is 4.74 Å². The first-order chi connectivity index (χ1) is 11.1. The smallest absolute Gasteiger partial charge is 0.276 e. The standard InChI is InChI=1S/C16H17N3O2S2/c1-10(2)21-12-5-3-11(4-6-12)15-18-13(9-23-15)14(20)19-16-17-7-8-22-16/h3-6,9-10H,7-8H2,1-2H3,(H,17,19,20). The summed E-state index contributed by atoms with van der Waals surface area (Å²) in [6, 6.07) is 7.74. The van der Waals surface area contributed by atoms with Gasteiger partial charge in [-0.3, -0.25) is 15.1 Å². The number of amidine groups is 1. The largest absolute Gasteiger partial charge is 0.491 e. The van der Waals surface area contributed by atoms with Crippen molar-refractivity contribution in [3.8, 4) is 16.3 Å². The van der Waals surface area contributed by atoms with Crippen molar-refractivity contribution in [1.29, 1.82) is 0 Å². The predicted molar refractivity (Wildman–Crippen MR) is 95.5 cm³/mol. The molecule has 0 unspecified atom stereocenters. The van der Waals surface area contributed by atoms with E-state index in [1.807, 2.05) is 38.1 Å². The van der Waals surface area contributed by atoms with Crippen LogP contribution in [-0.2, 0) is 0 Å². The van der Waals surface area contributed by atoms with Crippen molar-refractivity contribution >= 4 is 34.2 Å². The van der Waals surface area contributed by atoms with Gasteiger partial charge in [-0.25, -0.2) is 4.98 Å². The molecule has 23 heavy (non-hydrogen) atoms. The molecule has 1 aromatic heterocycles. The number of hydrogen-bond acceptors (Lipinski definition) is 6. The Labute approximate surface area is 143 Å². The first-order valence-electron chi connectivity index (χ1n) is 7.33. The second-order valence-corrected chi connectivity index (χ2v) is 7.16. The predicted octanol–water partition coefficient (Wildman–Crippen LogP) is 3.43. The summed E-state index contributed by atoms with van der Waals surface area (Å²) in [6.07, 6.45) is 0.146. The van der Waals surface area contributed by atoms with Crippen LogP contribution < -0.4 is 10.1 Å². The van der Waals surface area contributed by atoms with E-state index in [9.17, 15) is 4.79 Å². The van der Waals surface area contributed by atoms with Crippen LogP contribution in [-0.4, -0.2) is 34.5 Å². The Morgan fingerprint density at radius 3 is 2.74 bits per heavy atom. The van der Waals surface area contributed by atoms with Crippen LogP contribution in [0, 0.1) is 0 Å². The lowest BCUT2D eigenvalue weighted by atomic mass is 10.2. The van der Waals surface area contributed by atoms with Gasteiger partial charge >= 0.3 is 0 Å². The Morgan fingerprint density at radius 1 is 1.30 bits per heavy atom. The normalized spacial score (nSPS) is 14.0. The molecule has 120 valence electrons. The molecular weight excluding hydrogens is 330 g/mol. The minimum Gasteiger partial charge on any atom is -0.491 e. The van der Waals surface area contributed by atoms with Gasteiger partial charge in [0.2, 0.25) is 0 Å². The third-order valence-electron chi connectivity index (χ3n) is 3.02. The van der Waals surface area contributed by atoms with Crippen LogP contribution in [0.3, 0.4) is 0 Å². The van der Waals surface area contributed by atoms with Gasteiger partial charge in [0.25, 0.3) is 5.91 Å². The van der Waals surface area contributed by atoms with E-state index in [1.54, 1.807) is 17.1 Å². The molecule has 5 nitrogen and oxygen atoms in total. The lowest BCUT2D eigenvalue weighted by Crippen LogP contribution is -2.27. The molecule has 3 rings (SSSR count). The first kappa shape index (κ1) is 16.0. The molecule has 1 aliphatic rings. The van der Waals surface area contributed by atoms with E-state index in [4.69, 9.17) is 4.74 Å². The molecular formula is C16H17N3O2S2. The molecule has 0 spiro atoms. The lowest BCUT2D eigenvalue weighted by molar-refractivity contribution is 0.0974. The lowest BCUT2D eigenvalue weighted by Gasteiger charge is -2.09. The number of ether oxygens (including phenoxy) is 1. The highest BCUT2D eigenvalue weighted by Gasteiger charge is 2.16. The van der Waals surface area contributed by atoms with Crippen LogP contribution >= 0.6 is 23.1 Å². The Hall–Kier alpha value is -1.86. The van der Waals surface area contributed by atoms with Crippen LogP contribution in [0.2, 0.25) is 0 Å². The average molecular weight is 347 g/mol. The maximum absolute atomic E-state index is 12.1. The second kappa shape index (κ2) is 7.14. The third-order valence-corrected chi connectivity index (χ3v) is 4.80. The van der Waals surface area contributed by atoms with Crippen molar-refractivity contribution in [2.45, 2.75) is 20.0 Å². The maximum Gasteiger partial charge on any atom is 0.276 e.